The van der Waals surface area contributed by atoms with E-state index in [1.54, 1.807) is 19.3 Å². The Morgan fingerprint density at radius 3 is 2.82 bits per heavy atom. The summed E-state index contributed by atoms with van der Waals surface area (Å²) in [5, 5.41) is 6.46. The summed E-state index contributed by atoms with van der Waals surface area (Å²) in [5.41, 5.74) is 5.98. The fourth-order valence-electron chi connectivity index (χ4n) is 1.34. The number of nitrogen functional groups attached to an aromatic ring is 1. The summed E-state index contributed by atoms with van der Waals surface area (Å²) in [4.78, 5) is 11.7. The number of amides is 1. The van der Waals surface area contributed by atoms with Crippen LogP contribution in [0.15, 0.2) is 30.5 Å². The number of aryl methyl sites for hydroxylation is 1. The van der Waals surface area contributed by atoms with Crippen molar-refractivity contribution >= 4 is 17.3 Å². The van der Waals surface area contributed by atoms with Gasteiger partial charge < -0.3 is 11.1 Å². The summed E-state index contributed by atoms with van der Waals surface area (Å²) in [5.74, 6) is -0.960. The number of nitrogens with two attached hydrogens (primary N) is 1. The average Bonchev–Trinajstić information content (AvgIpc) is 2.70. The lowest BCUT2D eigenvalue weighted by Crippen LogP contribution is -2.13. The van der Waals surface area contributed by atoms with Crippen LogP contribution in [0.25, 0.3) is 0 Å². The third-order valence-electron chi connectivity index (χ3n) is 2.20. The molecular weight excluding hydrogens is 223 g/mol. The molecule has 0 radical (unpaired) electrons. The first-order chi connectivity index (χ1) is 8.06. The molecule has 0 aliphatic carbocycles. The van der Waals surface area contributed by atoms with E-state index in [2.05, 4.69) is 10.4 Å². The molecule has 2 aromatic rings. The quantitative estimate of drug-likeness (QED) is 0.771. The van der Waals surface area contributed by atoms with Crippen LogP contribution in [0, 0.1) is 5.82 Å². The summed E-state index contributed by atoms with van der Waals surface area (Å²) >= 11 is 0. The van der Waals surface area contributed by atoms with Gasteiger partial charge in [0.1, 0.15) is 5.82 Å². The molecule has 0 saturated carbocycles. The first-order valence-corrected chi connectivity index (χ1v) is 4.92. The Morgan fingerprint density at radius 1 is 1.47 bits per heavy atom. The minimum absolute atomic E-state index is 0.0424. The average molecular weight is 234 g/mol. The van der Waals surface area contributed by atoms with Crippen molar-refractivity contribution in [2.75, 3.05) is 11.1 Å². The topological polar surface area (TPSA) is 72.9 Å². The first kappa shape index (κ1) is 11.1. The molecule has 1 heterocycles. The second-order valence-electron chi connectivity index (χ2n) is 3.57. The van der Waals surface area contributed by atoms with Crippen LogP contribution in [-0.4, -0.2) is 15.7 Å². The van der Waals surface area contributed by atoms with Crippen LogP contribution >= 0.6 is 0 Å². The van der Waals surface area contributed by atoms with E-state index < -0.39 is 11.7 Å². The minimum Gasteiger partial charge on any atom is -0.396 e. The van der Waals surface area contributed by atoms with Crippen molar-refractivity contribution in [2.24, 2.45) is 7.05 Å². The van der Waals surface area contributed by atoms with Crippen LogP contribution in [0.3, 0.4) is 0 Å². The van der Waals surface area contributed by atoms with E-state index in [1.165, 1.54) is 16.8 Å². The number of hydrogen-bond acceptors (Lipinski definition) is 3. The molecule has 0 aliphatic heterocycles. The van der Waals surface area contributed by atoms with Gasteiger partial charge in [0.15, 0.2) is 5.69 Å². The zero-order chi connectivity index (χ0) is 12.4. The molecule has 88 valence electrons. The minimum atomic E-state index is -0.566. The van der Waals surface area contributed by atoms with Gasteiger partial charge in [0.2, 0.25) is 0 Å². The van der Waals surface area contributed by atoms with Crippen molar-refractivity contribution < 1.29 is 9.18 Å². The lowest BCUT2D eigenvalue weighted by molar-refractivity contribution is 0.102. The monoisotopic (exact) mass is 234 g/mol. The van der Waals surface area contributed by atoms with Gasteiger partial charge in [-0.2, -0.15) is 5.10 Å². The highest BCUT2D eigenvalue weighted by atomic mass is 19.1. The third kappa shape index (κ3) is 2.41. The standard InChI is InChI=1S/C11H11FN4O/c1-16-5-4-10(15-16)11(17)14-7-2-3-9(13)8(12)6-7/h2-6H,13H2,1H3,(H,14,17). The lowest BCUT2D eigenvalue weighted by Gasteiger charge is -2.04. The van der Waals surface area contributed by atoms with Gasteiger partial charge in [0, 0.05) is 18.9 Å². The zero-order valence-electron chi connectivity index (χ0n) is 9.14. The summed E-state index contributed by atoms with van der Waals surface area (Å²) in [7, 11) is 1.71. The molecule has 1 aromatic heterocycles. The SMILES string of the molecule is Cn1ccc(C(=O)Nc2ccc(N)c(F)c2)n1. The van der Waals surface area contributed by atoms with Gasteiger partial charge in [-0.15, -0.1) is 0 Å². The molecule has 0 bridgehead atoms. The molecule has 2 rings (SSSR count). The van der Waals surface area contributed by atoms with Crippen molar-refractivity contribution in [3.63, 3.8) is 0 Å². The molecule has 5 nitrogen and oxygen atoms in total. The normalized spacial score (nSPS) is 10.2. The maximum atomic E-state index is 13.1. The number of anilines is 2. The Morgan fingerprint density at radius 2 is 2.24 bits per heavy atom. The van der Waals surface area contributed by atoms with Gasteiger partial charge >= 0.3 is 0 Å². The van der Waals surface area contributed by atoms with Gasteiger partial charge in [-0.1, -0.05) is 0 Å². The van der Waals surface area contributed by atoms with Crippen LogP contribution < -0.4 is 11.1 Å². The van der Waals surface area contributed by atoms with E-state index in [0.29, 0.717) is 5.69 Å². The molecular formula is C11H11FN4O. The molecule has 0 spiro atoms. The predicted octanol–water partition coefficient (Wildman–Crippen LogP) is 1.39. The Labute approximate surface area is 97.0 Å². The molecule has 6 heteroatoms. The number of benzene rings is 1. The largest absolute Gasteiger partial charge is 0.396 e. The first-order valence-electron chi connectivity index (χ1n) is 4.92. The van der Waals surface area contributed by atoms with Crippen molar-refractivity contribution in [1.82, 2.24) is 9.78 Å². The third-order valence-corrected chi connectivity index (χ3v) is 2.20. The Balaban J connectivity index is 2.15. The fourth-order valence-corrected chi connectivity index (χ4v) is 1.34. The highest BCUT2D eigenvalue weighted by molar-refractivity contribution is 6.02. The molecule has 0 saturated heterocycles. The number of aromatic nitrogens is 2. The van der Waals surface area contributed by atoms with E-state index >= 15 is 0 Å². The van der Waals surface area contributed by atoms with E-state index in [4.69, 9.17) is 5.73 Å². The fraction of sp³-hybridized carbons (Fsp3) is 0.0909. The zero-order valence-corrected chi connectivity index (χ0v) is 9.14. The second kappa shape index (κ2) is 4.25. The van der Waals surface area contributed by atoms with Crippen molar-refractivity contribution in [3.05, 3.63) is 42.0 Å². The number of carbonyl (C=O) groups excluding carboxylic acids is 1. The molecule has 3 N–H and O–H groups in total. The Hall–Kier alpha value is -2.37. The van der Waals surface area contributed by atoms with E-state index in [-0.39, 0.29) is 11.4 Å². The summed E-state index contributed by atoms with van der Waals surface area (Å²) in [6, 6.07) is 5.65. The highest BCUT2D eigenvalue weighted by Crippen LogP contribution is 2.16. The van der Waals surface area contributed by atoms with Gasteiger partial charge in [-0.25, -0.2) is 4.39 Å². The lowest BCUT2D eigenvalue weighted by atomic mass is 10.2. The van der Waals surface area contributed by atoms with Gasteiger partial charge in [0.05, 0.1) is 5.69 Å². The molecule has 0 aliphatic rings. The van der Waals surface area contributed by atoms with Gasteiger partial charge in [-0.05, 0) is 24.3 Å². The van der Waals surface area contributed by atoms with Crippen LogP contribution in [0.1, 0.15) is 10.5 Å². The number of halogens is 1. The van der Waals surface area contributed by atoms with Crippen LogP contribution in [0.2, 0.25) is 0 Å². The maximum Gasteiger partial charge on any atom is 0.276 e. The predicted molar refractivity (Wildman–Crippen MR) is 62.0 cm³/mol. The molecule has 0 fully saturated rings. The molecule has 0 unspecified atom stereocenters. The van der Waals surface area contributed by atoms with Crippen molar-refractivity contribution in [2.45, 2.75) is 0 Å². The molecule has 1 aromatic carbocycles. The van der Waals surface area contributed by atoms with Crippen LogP contribution in [-0.2, 0) is 7.05 Å². The molecule has 0 atom stereocenters. The number of nitrogens with one attached hydrogen (secondary N) is 1. The van der Waals surface area contributed by atoms with Crippen molar-refractivity contribution in [3.8, 4) is 0 Å². The van der Waals surface area contributed by atoms with Gasteiger partial charge in [0.25, 0.3) is 5.91 Å². The Kier molecular flexibility index (Phi) is 2.78. The van der Waals surface area contributed by atoms with Gasteiger partial charge in [-0.3, -0.25) is 9.48 Å². The number of carbonyl (C=O) groups is 1. The molecule has 17 heavy (non-hydrogen) atoms. The second-order valence-corrected chi connectivity index (χ2v) is 3.57. The molecule has 1 amide bonds. The summed E-state index contributed by atoms with van der Waals surface area (Å²) < 4.78 is 14.7. The number of hydrogen-bond donors (Lipinski definition) is 2. The summed E-state index contributed by atoms with van der Waals surface area (Å²) in [6.45, 7) is 0. The van der Waals surface area contributed by atoms with E-state index in [9.17, 15) is 9.18 Å². The number of rotatable bonds is 2. The Bertz CT molecular complexity index is 564. The van der Waals surface area contributed by atoms with Crippen molar-refractivity contribution in [1.29, 1.82) is 0 Å². The van der Waals surface area contributed by atoms with E-state index in [0.717, 1.165) is 6.07 Å². The van der Waals surface area contributed by atoms with E-state index in [1.807, 2.05) is 0 Å². The van der Waals surface area contributed by atoms with Crippen LogP contribution in [0.4, 0.5) is 15.8 Å². The smallest absolute Gasteiger partial charge is 0.276 e. The highest BCUT2D eigenvalue weighted by Gasteiger charge is 2.09. The van der Waals surface area contributed by atoms with Crippen LogP contribution in [0.5, 0.6) is 0 Å². The summed E-state index contributed by atoms with van der Waals surface area (Å²) in [6.07, 6.45) is 1.65. The number of nitrogens with zero attached hydrogens (tertiary/aromatic N) is 2. The maximum absolute atomic E-state index is 13.1.